The number of fused-ring (bicyclic) bond motifs is 1. The second-order valence-corrected chi connectivity index (χ2v) is 7.40. The van der Waals surface area contributed by atoms with Crippen LogP contribution in [0.3, 0.4) is 0 Å². The summed E-state index contributed by atoms with van der Waals surface area (Å²) >= 11 is 5.53. The lowest BCUT2D eigenvalue weighted by atomic mass is 9.89. The van der Waals surface area contributed by atoms with Crippen molar-refractivity contribution in [1.29, 1.82) is 0 Å². The normalized spacial score (nSPS) is 17.8. The van der Waals surface area contributed by atoms with E-state index in [4.69, 9.17) is 21.7 Å². The third kappa shape index (κ3) is 4.23. The molecule has 0 bridgehead atoms. The highest BCUT2D eigenvalue weighted by atomic mass is 32.1. The molecular weight excluding hydrogens is 332 g/mol. The van der Waals surface area contributed by atoms with Crippen molar-refractivity contribution < 1.29 is 9.47 Å². The van der Waals surface area contributed by atoms with E-state index in [1.807, 2.05) is 30.3 Å². The van der Waals surface area contributed by atoms with Crippen molar-refractivity contribution in [2.45, 2.75) is 38.8 Å². The molecule has 2 aromatic carbocycles. The Hall–Kier alpha value is -2.27. The Labute approximate surface area is 154 Å². The quantitative estimate of drug-likeness (QED) is 0.787. The predicted molar refractivity (Wildman–Crippen MR) is 106 cm³/mol. The van der Waals surface area contributed by atoms with Gasteiger partial charge in [-0.3, -0.25) is 0 Å². The summed E-state index contributed by atoms with van der Waals surface area (Å²) in [6, 6.07) is 14.2. The third-order valence-corrected chi connectivity index (χ3v) is 4.48. The molecule has 4 nitrogen and oxygen atoms in total. The van der Waals surface area contributed by atoms with Crippen LogP contribution in [0.4, 0.5) is 5.69 Å². The van der Waals surface area contributed by atoms with Gasteiger partial charge in [-0.15, -0.1) is 0 Å². The molecule has 2 aromatic rings. The zero-order valence-electron chi connectivity index (χ0n) is 15.1. The predicted octanol–water partition coefficient (Wildman–Crippen LogP) is 4.59. The highest BCUT2D eigenvalue weighted by Gasteiger charge is 2.34. The molecule has 2 N–H and O–H groups in total. The second-order valence-electron chi connectivity index (χ2n) is 6.99. The third-order valence-electron chi connectivity index (χ3n) is 4.26. The molecule has 1 aliphatic heterocycles. The first kappa shape index (κ1) is 17.5. The number of aryl methyl sites for hydroxylation is 1. The lowest BCUT2D eigenvalue weighted by Gasteiger charge is -2.38. The first-order chi connectivity index (χ1) is 11.9. The average molecular weight is 356 g/mol. The Bertz CT molecular complexity index is 789. The molecule has 1 unspecified atom stereocenters. The van der Waals surface area contributed by atoms with Gasteiger partial charge in [-0.25, -0.2) is 0 Å². The fourth-order valence-electron chi connectivity index (χ4n) is 3.14. The maximum Gasteiger partial charge on any atom is 0.171 e. The van der Waals surface area contributed by atoms with Gasteiger partial charge in [0.2, 0.25) is 0 Å². The van der Waals surface area contributed by atoms with Crippen LogP contribution >= 0.6 is 12.2 Å². The summed E-state index contributed by atoms with van der Waals surface area (Å²) in [6.07, 6.45) is 0.821. The molecule has 0 aliphatic carbocycles. The van der Waals surface area contributed by atoms with Crippen molar-refractivity contribution in [3.8, 4) is 11.5 Å². The number of ether oxygens (including phenoxy) is 2. The smallest absolute Gasteiger partial charge is 0.171 e. The lowest BCUT2D eigenvalue weighted by Crippen LogP contribution is -2.42. The van der Waals surface area contributed by atoms with E-state index in [1.165, 1.54) is 5.56 Å². The first-order valence-electron chi connectivity index (χ1n) is 8.37. The van der Waals surface area contributed by atoms with Crippen LogP contribution < -0.4 is 20.1 Å². The topological polar surface area (TPSA) is 42.5 Å². The summed E-state index contributed by atoms with van der Waals surface area (Å²) in [5, 5.41) is 7.31. The van der Waals surface area contributed by atoms with Crippen LogP contribution in [0.2, 0.25) is 0 Å². The molecule has 1 aliphatic rings. The minimum Gasteiger partial charge on any atom is -0.497 e. The number of thiocarbonyl (C=S) groups is 1. The van der Waals surface area contributed by atoms with Gasteiger partial charge < -0.3 is 20.1 Å². The molecule has 0 aromatic heterocycles. The first-order valence-corrected chi connectivity index (χ1v) is 8.78. The Balaban J connectivity index is 1.79. The standard InChI is InChI=1S/C20H24N2O2S/c1-13-6-5-7-14(10-13)21-19(25)22-17-12-20(2,3)24-18-11-15(23-4)8-9-16(17)18/h5-11,17H,12H2,1-4H3,(H2,21,22,25). The molecule has 25 heavy (non-hydrogen) atoms. The molecule has 0 spiro atoms. The molecule has 0 saturated heterocycles. The van der Waals surface area contributed by atoms with Crippen molar-refractivity contribution in [2.75, 3.05) is 12.4 Å². The summed E-state index contributed by atoms with van der Waals surface area (Å²) in [4.78, 5) is 0. The van der Waals surface area contributed by atoms with Gasteiger partial charge in [0.05, 0.1) is 13.2 Å². The SMILES string of the molecule is COc1ccc2c(c1)OC(C)(C)CC2NC(=S)Nc1cccc(C)c1. The van der Waals surface area contributed by atoms with Gasteiger partial charge in [0.25, 0.3) is 0 Å². The van der Waals surface area contributed by atoms with Gasteiger partial charge >= 0.3 is 0 Å². The van der Waals surface area contributed by atoms with Crippen LogP contribution in [0.1, 0.15) is 37.4 Å². The number of benzene rings is 2. The van der Waals surface area contributed by atoms with E-state index >= 15 is 0 Å². The summed E-state index contributed by atoms with van der Waals surface area (Å²) < 4.78 is 11.4. The largest absolute Gasteiger partial charge is 0.497 e. The zero-order chi connectivity index (χ0) is 18.0. The summed E-state index contributed by atoms with van der Waals surface area (Å²) in [5.74, 6) is 1.63. The molecular formula is C20H24N2O2S. The van der Waals surface area contributed by atoms with E-state index in [2.05, 4.69) is 43.5 Å². The lowest BCUT2D eigenvalue weighted by molar-refractivity contribution is 0.0693. The van der Waals surface area contributed by atoms with Crippen LogP contribution in [-0.4, -0.2) is 17.8 Å². The van der Waals surface area contributed by atoms with Gasteiger partial charge in [0.15, 0.2) is 5.11 Å². The molecule has 0 amide bonds. The zero-order valence-corrected chi connectivity index (χ0v) is 15.9. The Morgan fingerprint density at radius 3 is 2.76 bits per heavy atom. The van der Waals surface area contributed by atoms with Crippen LogP contribution in [0.15, 0.2) is 42.5 Å². The molecule has 5 heteroatoms. The van der Waals surface area contributed by atoms with Gasteiger partial charge in [-0.1, -0.05) is 12.1 Å². The maximum atomic E-state index is 6.12. The minimum atomic E-state index is -0.282. The van der Waals surface area contributed by atoms with E-state index in [9.17, 15) is 0 Å². The van der Waals surface area contributed by atoms with Crippen molar-refractivity contribution in [3.05, 3.63) is 53.6 Å². The Morgan fingerprint density at radius 2 is 2.04 bits per heavy atom. The van der Waals surface area contributed by atoms with Gasteiger partial charge in [-0.05, 0) is 62.8 Å². The second kappa shape index (κ2) is 6.92. The number of methoxy groups -OCH3 is 1. The van der Waals surface area contributed by atoms with Crippen LogP contribution in [0.25, 0.3) is 0 Å². The van der Waals surface area contributed by atoms with Crippen LogP contribution in [0, 0.1) is 6.92 Å². The molecule has 1 heterocycles. The maximum absolute atomic E-state index is 6.12. The summed E-state index contributed by atoms with van der Waals surface area (Å²) in [6.45, 7) is 6.23. The highest BCUT2D eigenvalue weighted by Crippen LogP contribution is 2.41. The monoisotopic (exact) mass is 356 g/mol. The molecule has 3 rings (SSSR count). The average Bonchev–Trinajstić information content (AvgIpc) is 2.53. The molecule has 0 fully saturated rings. The van der Waals surface area contributed by atoms with Crippen molar-refractivity contribution in [1.82, 2.24) is 5.32 Å². The van der Waals surface area contributed by atoms with Gasteiger partial charge in [0, 0.05) is 23.7 Å². The van der Waals surface area contributed by atoms with E-state index < -0.39 is 0 Å². The van der Waals surface area contributed by atoms with Crippen molar-refractivity contribution in [3.63, 3.8) is 0 Å². The number of nitrogens with one attached hydrogen (secondary N) is 2. The molecule has 0 saturated carbocycles. The van der Waals surface area contributed by atoms with Gasteiger partial charge in [0.1, 0.15) is 17.1 Å². The number of anilines is 1. The van der Waals surface area contributed by atoms with Crippen LogP contribution in [0.5, 0.6) is 11.5 Å². The van der Waals surface area contributed by atoms with E-state index in [0.717, 1.165) is 29.2 Å². The highest BCUT2D eigenvalue weighted by molar-refractivity contribution is 7.80. The van der Waals surface area contributed by atoms with E-state index in [1.54, 1.807) is 7.11 Å². The van der Waals surface area contributed by atoms with E-state index in [-0.39, 0.29) is 11.6 Å². The number of hydrogen-bond donors (Lipinski definition) is 2. The van der Waals surface area contributed by atoms with Crippen LogP contribution in [-0.2, 0) is 0 Å². The summed E-state index contributed by atoms with van der Waals surface area (Å²) in [5.41, 5.74) is 2.99. The molecule has 132 valence electrons. The fourth-order valence-corrected chi connectivity index (χ4v) is 3.40. The minimum absolute atomic E-state index is 0.0782. The Morgan fingerprint density at radius 1 is 1.24 bits per heavy atom. The number of rotatable bonds is 3. The Kier molecular flexibility index (Phi) is 4.86. The number of hydrogen-bond acceptors (Lipinski definition) is 3. The molecule has 1 atom stereocenters. The van der Waals surface area contributed by atoms with Crippen molar-refractivity contribution >= 4 is 23.0 Å². The van der Waals surface area contributed by atoms with Gasteiger partial charge in [-0.2, -0.15) is 0 Å². The molecule has 0 radical (unpaired) electrons. The van der Waals surface area contributed by atoms with Crippen molar-refractivity contribution in [2.24, 2.45) is 0 Å². The van der Waals surface area contributed by atoms with E-state index in [0.29, 0.717) is 5.11 Å². The fraction of sp³-hybridized carbons (Fsp3) is 0.350. The summed E-state index contributed by atoms with van der Waals surface area (Å²) in [7, 11) is 1.66.